The van der Waals surface area contributed by atoms with Crippen molar-refractivity contribution in [3.05, 3.63) is 34.9 Å². The number of carbonyl (C=O) groups is 1. The number of hydrogen-bond acceptors (Lipinski definition) is 2. The standard InChI is InChI=1S/C15H21ClN2O/c16-14-7-2-1-6-13(14)12-15(19)17-8-5-11-18-9-3-4-10-18/h1-2,6-7H,3-5,8-12H2,(H,17,19). The fourth-order valence-corrected chi connectivity index (χ4v) is 2.62. The van der Waals surface area contributed by atoms with Crippen LogP contribution in [-0.2, 0) is 11.2 Å². The van der Waals surface area contributed by atoms with Crippen molar-refractivity contribution < 1.29 is 4.79 Å². The lowest BCUT2D eigenvalue weighted by atomic mass is 10.1. The summed E-state index contributed by atoms with van der Waals surface area (Å²) in [5.74, 6) is 0.0505. The number of rotatable bonds is 6. The van der Waals surface area contributed by atoms with Gasteiger partial charge in [-0.3, -0.25) is 4.79 Å². The monoisotopic (exact) mass is 280 g/mol. The average Bonchev–Trinajstić information content (AvgIpc) is 2.91. The van der Waals surface area contributed by atoms with E-state index in [1.54, 1.807) is 0 Å². The van der Waals surface area contributed by atoms with Crippen molar-refractivity contribution in [3.8, 4) is 0 Å². The summed E-state index contributed by atoms with van der Waals surface area (Å²) in [6.45, 7) is 4.27. The van der Waals surface area contributed by atoms with Crippen molar-refractivity contribution in [1.82, 2.24) is 10.2 Å². The van der Waals surface area contributed by atoms with E-state index in [0.717, 1.165) is 25.1 Å². The zero-order chi connectivity index (χ0) is 13.5. The van der Waals surface area contributed by atoms with Gasteiger partial charge in [0, 0.05) is 11.6 Å². The summed E-state index contributed by atoms with van der Waals surface area (Å²) in [6.07, 6.45) is 4.02. The topological polar surface area (TPSA) is 32.3 Å². The van der Waals surface area contributed by atoms with E-state index in [9.17, 15) is 4.79 Å². The molecule has 0 atom stereocenters. The van der Waals surface area contributed by atoms with Gasteiger partial charge in [0.15, 0.2) is 0 Å². The summed E-state index contributed by atoms with van der Waals surface area (Å²) in [5.41, 5.74) is 0.890. The van der Waals surface area contributed by atoms with Gasteiger partial charge in [-0.15, -0.1) is 0 Å². The minimum absolute atomic E-state index is 0.0505. The Bertz CT molecular complexity index is 416. The van der Waals surface area contributed by atoms with Gasteiger partial charge in [-0.25, -0.2) is 0 Å². The molecule has 0 aromatic heterocycles. The molecule has 1 aromatic rings. The van der Waals surface area contributed by atoms with Crippen molar-refractivity contribution in [2.24, 2.45) is 0 Å². The van der Waals surface area contributed by atoms with Crippen LogP contribution in [0.25, 0.3) is 0 Å². The third-order valence-corrected chi connectivity index (χ3v) is 3.85. The Labute approximate surface area is 119 Å². The van der Waals surface area contributed by atoms with Crippen molar-refractivity contribution in [3.63, 3.8) is 0 Å². The molecular formula is C15H21ClN2O. The Hall–Kier alpha value is -1.06. The summed E-state index contributed by atoms with van der Waals surface area (Å²) < 4.78 is 0. The molecule has 0 spiro atoms. The zero-order valence-corrected chi connectivity index (χ0v) is 12.0. The number of halogens is 1. The number of likely N-dealkylation sites (tertiary alicyclic amines) is 1. The van der Waals surface area contributed by atoms with E-state index in [1.165, 1.54) is 25.9 Å². The Balaban J connectivity index is 1.63. The van der Waals surface area contributed by atoms with Gasteiger partial charge in [0.1, 0.15) is 0 Å². The van der Waals surface area contributed by atoms with Gasteiger partial charge in [-0.1, -0.05) is 29.8 Å². The first-order valence-corrected chi connectivity index (χ1v) is 7.36. The maximum absolute atomic E-state index is 11.8. The van der Waals surface area contributed by atoms with Crippen LogP contribution in [-0.4, -0.2) is 37.0 Å². The minimum Gasteiger partial charge on any atom is -0.356 e. The predicted octanol–water partition coefficient (Wildman–Crippen LogP) is 2.48. The van der Waals surface area contributed by atoms with Crippen LogP contribution >= 0.6 is 11.6 Å². The summed E-state index contributed by atoms with van der Waals surface area (Å²) in [4.78, 5) is 14.2. The SMILES string of the molecule is O=C(Cc1ccccc1Cl)NCCCN1CCCC1. The van der Waals surface area contributed by atoms with E-state index in [0.29, 0.717) is 11.4 Å². The molecule has 1 aliphatic heterocycles. The number of nitrogens with one attached hydrogen (secondary N) is 1. The van der Waals surface area contributed by atoms with E-state index >= 15 is 0 Å². The molecule has 1 saturated heterocycles. The average molecular weight is 281 g/mol. The second-order valence-electron chi connectivity index (χ2n) is 5.02. The first-order valence-electron chi connectivity index (χ1n) is 6.98. The van der Waals surface area contributed by atoms with E-state index in [4.69, 9.17) is 11.6 Å². The highest BCUT2D eigenvalue weighted by Gasteiger charge is 2.10. The Morgan fingerprint density at radius 3 is 2.74 bits per heavy atom. The highest BCUT2D eigenvalue weighted by Crippen LogP contribution is 2.15. The number of nitrogens with zero attached hydrogens (tertiary/aromatic N) is 1. The number of hydrogen-bond donors (Lipinski definition) is 1. The Morgan fingerprint density at radius 2 is 2.00 bits per heavy atom. The fourth-order valence-electron chi connectivity index (χ4n) is 2.41. The summed E-state index contributed by atoms with van der Waals surface area (Å²) in [5, 5.41) is 3.62. The molecule has 1 amide bonds. The lowest BCUT2D eigenvalue weighted by molar-refractivity contribution is -0.120. The van der Waals surface area contributed by atoms with Gasteiger partial charge in [0.05, 0.1) is 6.42 Å². The molecule has 1 heterocycles. The third-order valence-electron chi connectivity index (χ3n) is 3.48. The maximum atomic E-state index is 11.8. The van der Waals surface area contributed by atoms with E-state index < -0.39 is 0 Å². The molecule has 104 valence electrons. The molecule has 0 radical (unpaired) electrons. The molecule has 3 nitrogen and oxygen atoms in total. The number of carbonyl (C=O) groups excluding carboxylic acids is 1. The molecular weight excluding hydrogens is 260 g/mol. The summed E-state index contributed by atoms with van der Waals surface area (Å²) in [7, 11) is 0. The second-order valence-corrected chi connectivity index (χ2v) is 5.43. The third kappa shape index (κ3) is 4.84. The van der Waals surface area contributed by atoms with Crippen molar-refractivity contribution in [2.45, 2.75) is 25.7 Å². The van der Waals surface area contributed by atoms with Gasteiger partial charge in [0.25, 0.3) is 0 Å². The fraction of sp³-hybridized carbons (Fsp3) is 0.533. The summed E-state index contributed by atoms with van der Waals surface area (Å²) >= 11 is 6.03. The Morgan fingerprint density at radius 1 is 1.26 bits per heavy atom. The van der Waals surface area contributed by atoms with Crippen LogP contribution in [0.15, 0.2) is 24.3 Å². The lowest BCUT2D eigenvalue weighted by Crippen LogP contribution is -2.29. The molecule has 2 rings (SSSR count). The Kier molecular flexibility index (Phi) is 5.67. The van der Waals surface area contributed by atoms with Crippen LogP contribution in [0.4, 0.5) is 0 Å². The van der Waals surface area contributed by atoms with Crippen LogP contribution in [0.5, 0.6) is 0 Å². The molecule has 4 heteroatoms. The minimum atomic E-state index is 0.0505. The largest absolute Gasteiger partial charge is 0.356 e. The lowest BCUT2D eigenvalue weighted by Gasteiger charge is -2.14. The molecule has 0 aliphatic carbocycles. The normalized spacial score (nSPS) is 15.6. The molecule has 1 fully saturated rings. The van der Waals surface area contributed by atoms with E-state index in [-0.39, 0.29) is 5.91 Å². The molecule has 1 aliphatic rings. The predicted molar refractivity (Wildman–Crippen MR) is 78.5 cm³/mol. The van der Waals surface area contributed by atoms with E-state index in [1.807, 2.05) is 24.3 Å². The quantitative estimate of drug-likeness (QED) is 0.812. The zero-order valence-electron chi connectivity index (χ0n) is 11.2. The number of amides is 1. The van der Waals surface area contributed by atoms with Gasteiger partial charge >= 0.3 is 0 Å². The highest BCUT2D eigenvalue weighted by atomic mass is 35.5. The summed E-state index contributed by atoms with van der Waals surface area (Å²) in [6, 6.07) is 7.49. The van der Waals surface area contributed by atoms with E-state index in [2.05, 4.69) is 10.2 Å². The molecule has 0 bridgehead atoms. The van der Waals surface area contributed by atoms with Gasteiger partial charge in [-0.2, -0.15) is 0 Å². The smallest absolute Gasteiger partial charge is 0.224 e. The van der Waals surface area contributed by atoms with Crippen molar-refractivity contribution >= 4 is 17.5 Å². The molecule has 1 N–H and O–H groups in total. The van der Waals surface area contributed by atoms with Gasteiger partial charge < -0.3 is 10.2 Å². The molecule has 0 saturated carbocycles. The second kappa shape index (κ2) is 7.51. The van der Waals surface area contributed by atoms with Crippen LogP contribution in [0.2, 0.25) is 5.02 Å². The van der Waals surface area contributed by atoms with Crippen LogP contribution in [0.1, 0.15) is 24.8 Å². The first-order chi connectivity index (χ1) is 9.25. The van der Waals surface area contributed by atoms with Crippen LogP contribution in [0.3, 0.4) is 0 Å². The van der Waals surface area contributed by atoms with Crippen LogP contribution < -0.4 is 5.32 Å². The van der Waals surface area contributed by atoms with Crippen molar-refractivity contribution in [2.75, 3.05) is 26.2 Å². The van der Waals surface area contributed by atoms with Gasteiger partial charge in [-0.05, 0) is 50.5 Å². The first kappa shape index (κ1) is 14.4. The maximum Gasteiger partial charge on any atom is 0.224 e. The van der Waals surface area contributed by atoms with Crippen LogP contribution in [0, 0.1) is 0 Å². The molecule has 0 unspecified atom stereocenters. The highest BCUT2D eigenvalue weighted by molar-refractivity contribution is 6.31. The van der Waals surface area contributed by atoms with Crippen molar-refractivity contribution in [1.29, 1.82) is 0 Å². The molecule has 1 aromatic carbocycles. The number of benzene rings is 1. The molecule has 19 heavy (non-hydrogen) atoms. The van der Waals surface area contributed by atoms with Gasteiger partial charge in [0.2, 0.25) is 5.91 Å².